The van der Waals surface area contributed by atoms with Gasteiger partial charge in [0.15, 0.2) is 6.10 Å². The first kappa shape index (κ1) is 25.8. The van der Waals surface area contributed by atoms with Gasteiger partial charge in [-0.15, -0.1) is 0 Å². The van der Waals surface area contributed by atoms with Crippen LogP contribution >= 0.6 is 0 Å². The van der Waals surface area contributed by atoms with Gasteiger partial charge >= 0.3 is 23.9 Å². The molecule has 0 N–H and O–H groups in total. The van der Waals surface area contributed by atoms with Gasteiger partial charge in [-0.2, -0.15) is 0 Å². The zero-order valence-electron chi connectivity index (χ0n) is 16.9. The van der Waals surface area contributed by atoms with Crippen molar-refractivity contribution in [2.75, 3.05) is 0 Å². The summed E-state index contributed by atoms with van der Waals surface area (Å²) in [4.78, 5) is 47.3. The average Bonchev–Trinajstić information content (AvgIpc) is 2.70. The molecule has 0 saturated carbocycles. The molecule has 0 saturated heterocycles. The summed E-state index contributed by atoms with van der Waals surface area (Å²) >= 11 is 0. The van der Waals surface area contributed by atoms with E-state index in [-0.39, 0.29) is 6.42 Å². The van der Waals surface area contributed by atoms with E-state index >= 15 is 0 Å². The molecule has 0 fully saturated rings. The fourth-order valence-corrected chi connectivity index (χ4v) is 2.23. The lowest BCUT2D eigenvalue weighted by molar-refractivity contribution is -0.262. The van der Waals surface area contributed by atoms with Crippen LogP contribution in [0.25, 0.3) is 0 Å². The van der Waals surface area contributed by atoms with Crippen molar-refractivity contribution in [3.63, 3.8) is 0 Å². The molecular formula is C21H28O8. The highest BCUT2D eigenvalue weighted by atomic mass is 16.8. The van der Waals surface area contributed by atoms with E-state index in [9.17, 15) is 19.2 Å². The predicted molar refractivity (Wildman–Crippen MR) is 105 cm³/mol. The molecular weight excluding hydrogens is 380 g/mol. The van der Waals surface area contributed by atoms with Crippen LogP contribution in [0.5, 0.6) is 0 Å². The molecule has 2 unspecified atom stereocenters. The predicted octanol–water partition coefficient (Wildman–Crippen LogP) is 3.29. The lowest BCUT2D eigenvalue weighted by atomic mass is 10.0. The molecule has 0 heterocycles. The summed E-state index contributed by atoms with van der Waals surface area (Å²) in [5.74, 6) is -6.44. The van der Waals surface area contributed by atoms with E-state index in [1.807, 2.05) is 6.92 Å². The molecule has 0 aliphatic carbocycles. The maximum atomic E-state index is 12.4. The molecule has 0 amide bonds. The summed E-state index contributed by atoms with van der Waals surface area (Å²) in [5, 5.41) is 0. The third kappa shape index (κ3) is 9.05. The number of hydrogen-bond donors (Lipinski definition) is 0. The number of hydrogen-bond acceptors (Lipinski definition) is 8. The molecule has 0 aromatic rings. The van der Waals surface area contributed by atoms with Crippen molar-refractivity contribution in [1.29, 1.82) is 0 Å². The van der Waals surface area contributed by atoms with Crippen molar-refractivity contribution in [2.45, 2.75) is 57.8 Å². The van der Waals surface area contributed by atoms with Crippen molar-refractivity contribution in [3.05, 3.63) is 50.3 Å². The summed E-state index contributed by atoms with van der Waals surface area (Å²) < 4.78 is 20.5. The van der Waals surface area contributed by atoms with Crippen molar-refractivity contribution in [1.82, 2.24) is 0 Å². The van der Waals surface area contributed by atoms with Crippen LogP contribution in [0.15, 0.2) is 50.3 Å². The molecule has 0 aliphatic heterocycles. The normalized spacial score (nSPS) is 13.0. The Hall–Kier alpha value is -3.16. The summed E-state index contributed by atoms with van der Waals surface area (Å²) in [5.41, 5.74) is 0. The van der Waals surface area contributed by atoms with Gasteiger partial charge in [-0.1, -0.05) is 45.9 Å². The number of carbonyl (C=O) groups is 4. The number of esters is 4. The molecule has 0 aromatic carbocycles. The molecule has 29 heavy (non-hydrogen) atoms. The Labute approximate surface area is 170 Å². The highest BCUT2D eigenvalue weighted by Crippen LogP contribution is 2.30. The van der Waals surface area contributed by atoms with E-state index in [1.54, 1.807) is 0 Å². The van der Waals surface area contributed by atoms with Gasteiger partial charge in [0.2, 0.25) is 5.76 Å². The van der Waals surface area contributed by atoms with Gasteiger partial charge in [0.1, 0.15) is 0 Å². The Kier molecular flexibility index (Phi) is 11.7. The molecule has 0 rings (SSSR count). The van der Waals surface area contributed by atoms with Gasteiger partial charge < -0.3 is 18.9 Å². The van der Waals surface area contributed by atoms with Gasteiger partial charge in [-0.25, -0.2) is 19.2 Å². The first-order valence-electron chi connectivity index (χ1n) is 9.10. The summed E-state index contributed by atoms with van der Waals surface area (Å²) in [7, 11) is 0. The van der Waals surface area contributed by atoms with E-state index < -0.39 is 41.5 Å². The number of unbranched alkanes of at least 4 members (excludes halogenated alkanes) is 3. The molecule has 8 heteroatoms. The zero-order chi connectivity index (χ0) is 22.4. The summed E-state index contributed by atoms with van der Waals surface area (Å²) in [6.07, 6.45) is 4.51. The van der Waals surface area contributed by atoms with Crippen LogP contribution in [0.2, 0.25) is 0 Å². The molecule has 0 aromatic heterocycles. The Morgan fingerprint density at radius 3 is 2.00 bits per heavy atom. The van der Waals surface area contributed by atoms with Crippen molar-refractivity contribution in [2.24, 2.45) is 0 Å². The summed E-state index contributed by atoms with van der Waals surface area (Å²) in [6, 6.07) is 0. The first-order valence-corrected chi connectivity index (χ1v) is 9.10. The minimum Gasteiger partial charge on any atom is -0.451 e. The van der Waals surface area contributed by atoms with E-state index in [2.05, 4.69) is 31.1 Å². The van der Waals surface area contributed by atoms with E-state index in [0.717, 1.165) is 37.5 Å². The Morgan fingerprint density at radius 1 is 0.897 bits per heavy atom. The van der Waals surface area contributed by atoms with Crippen LogP contribution in [0.4, 0.5) is 0 Å². The van der Waals surface area contributed by atoms with Crippen LogP contribution in [0.3, 0.4) is 0 Å². The Bertz CT molecular complexity index is 664. The topological polar surface area (TPSA) is 105 Å². The second kappa shape index (κ2) is 13.1. The van der Waals surface area contributed by atoms with Crippen molar-refractivity contribution in [3.8, 4) is 0 Å². The summed E-state index contributed by atoms with van der Waals surface area (Å²) in [6.45, 7) is 16.6. The molecule has 0 aliphatic rings. The van der Waals surface area contributed by atoms with Crippen LogP contribution in [-0.2, 0) is 38.1 Å². The number of rotatable bonds is 14. The molecule has 8 nitrogen and oxygen atoms in total. The third-order valence-corrected chi connectivity index (χ3v) is 3.78. The monoisotopic (exact) mass is 408 g/mol. The maximum absolute atomic E-state index is 12.4. The smallest absolute Gasteiger partial charge is 0.377 e. The van der Waals surface area contributed by atoms with Crippen molar-refractivity contribution >= 4 is 23.9 Å². The lowest BCUT2D eigenvalue weighted by Crippen LogP contribution is -2.50. The average molecular weight is 408 g/mol. The van der Waals surface area contributed by atoms with E-state index in [4.69, 9.17) is 14.2 Å². The quantitative estimate of drug-likeness (QED) is 0.108. The van der Waals surface area contributed by atoms with Crippen LogP contribution < -0.4 is 0 Å². The standard InChI is InChI=1S/C21H28O8/c1-7-11-12-13-14-21(28-19(24)10-4,16(6)27-18(23)9-3)29-20(25)15(5)26-17(22)8-2/h8-10,16H,2-5,7,11-14H2,1,6H3. The van der Waals surface area contributed by atoms with Crippen LogP contribution in [0, 0.1) is 0 Å². The Morgan fingerprint density at radius 2 is 1.48 bits per heavy atom. The second-order valence-corrected chi connectivity index (χ2v) is 5.97. The Balaban J connectivity index is 5.81. The SMILES string of the molecule is C=CC(=O)OC(=C)C(=O)OC(CCCCCC)(OC(=O)C=C)C(C)OC(=O)C=C. The molecule has 2 atom stereocenters. The number of ether oxygens (including phenoxy) is 4. The minimum absolute atomic E-state index is 0.0204. The van der Waals surface area contributed by atoms with E-state index in [0.29, 0.717) is 6.42 Å². The highest BCUT2D eigenvalue weighted by molar-refractivity contribution is 5.92. The van der Waals surface area contributed by atoms with Gasteiger partial charge in [-0.3, -0.25) is 0 Å². The molecule has 160 valence electrons. The van der Waals surface area contributed by atoms with Crippen LogP contribution in [0.1, 0.15) is 46.0 Å². The van der Waals surface area contributed by atoms with Crippen molar-refractivity contribution < 1.29 is 38.1 Å². The van der Waals surface area contributed by atoms with E-state index in [1.165, 1.54) is 6.92 Å². The first-order chi connectivity index (χ1) is 13.6. The zero-order valence-corrected chi connectivity index (χ0v) is 16.9. The van der Waals surface area contributed by atoms with Gasteiger partial charge in [-0.05, 0) is 19.9 Å². The fourth-order valence-electron chi connectivity index (χ4n) is 2.23. The maximum Gasteiger partial charge on any atom is 0.377 e. The van der Waals surface area contributed by atoms with Gasteiger partial charge in [0, 0.05) is 24.6 Å². The molecule has 0 radical (unpaired) electrons. The fraction of sp³-hybridized carbons (Fsp3) is 0.429. The van der Waals surface area contributed by atoms with Crippen LogP contribution in [-0.4, -0.2) is 35.8 Å². The minimum atomic E-state index is -1.99. The molecule has 0 spiro atoms. The third-order valence-electron chi connectivity index (χ3n) is 3.78. The second-order valence-electron chi connectivity index (χ2n) is 5.97. The lowest BCUT2D eigenvalue weighted by Gasteiger charge is -2.36. The molecule has 0 bridgehead atoms. The van der Waals surface area contributed by atoms with Gasteiger partial charge in [0.05, 0.1) is 0 Å². The highest BCUT2D eigenvalue weighted by Gasteiger charge is 2.46. The number of carbonyl (C=O) groups excluding carboxylic acids is 4. The largest absolute Gasteiger partial charge is 0.451 e. The van der Waals surface area contributed by atoms with Gasteiger partial charge in [0.25, 0.3) is 5.79 Å².